The van der Waals surface area contributed by atoms with Gasteiger partial charge in [0.2, 0.25) is 0 Å². The van der Waals surface area contributed by atoms with Gasteiger partial charge in [-0.2, -0.15) is 0 Å². The van der Waals surface area contributed by atoms with Crippen molar-refractivity contribution in [3.63, 3.8) is 0 Å². The molecule has 2 aromatic carbocycles. The molecular weight excluding hydrogens is 530 g/mol. The highest BCUT2D eigenvalue weighted by atomic mass is 32.1. The van der Waals surface area contributed by atoms with Gasteiger partial charge in [0, 0.05) is 22.6 Å². The highest BCUT2D eigenvalue weighted by molar-refractivity contribution is 7.14. The molecule has 3 atom stereocenters. The van der Waals surface area contributed by atoms with Gasteiger partial charge in [-0.15, -0.1) is 11.3 Å². The average Bonchev–Trinajstić information content (AvgIpc) is 3.40. The number of hydrogen-bond donors (Lipinski definition) is 2. The Morgan fingerprint density at radius 1 is 1.05 bits per heavy atom. The third kappa shape index (κ3) is 5.77. The quantitative estimate of drug-likeness (QED) is 0.314. The number of allylic oxidation sites excluding steroid dienone is 1. The fourth-order valence-corrected chi connectivity index (χ4v) is 6.01. The number of benzene rings is 2. The second-order valence-corrected chi connectivity index (χ2v) is 10.3. The standard InChI is InChI=1S/C30H35N3O6S/c1-7-38-27(34)24-18(3)32-30(4,26(28(35)39-8-2)25(24)19-12-10-9-11-13-19)33-29-31-22(17-40-29)21-16-20(36-5)14-15-23(21)37-6/h9-17,25-26,32H,7-8H2,1-6H3,(H,31,33). The SMILES string of the molecule is CCOC(=O)C1=C(C)NC(C)(Nc2nc(-c3cc(OC)ccc3OC)cs2)C(C(=O)OCC)C1c1ccccc1. The molecule has 0 amide bonds. The molecule has 40 heavy (non-hydrogen) atoms. The molecule has 9 nitrogen and oxygen atoms in total. The first-order chi connectivity index (χ1) is 19.3. The number of thiazole rings is 1. The number of esters is 2. The van der Waals surface area contributed by atoms with Crippen LogP contribution in [0.15, 0.2) is 65.2 Å². The van der Waals surface area contributed by atoms with Crippen LogP contribution in [0, 0.1) is 5.92 Å². The second kappa shape index (κ2) is 12.4. The van der Waals surface area contributed by atoms with Crippen molar-refractivity contribution in [3.05, 3.63) is 70.7 Å². The van der Waals surface area contributed by atoms with E-state index in [0.29, 0.717) is 33.6 Å². The molecular formula is C30H35N3O6S. The van der Waals surface area contributed by atoms with Crippen LogP contribution < -0.4 is 20.1 Å². The largest absolute Gasteiger partial charge is 0.497 e. The zero-order valence-electron chi connectivity index (χ0n) is 23.6. The number of aromatic nitrogens is 1. The maximum atomic E-state index is 13.7. The minimum absolute atomic E-state index is 0.196. The van der Waals surface area contributed by atoms with Crippen molar-refractivity contribution in [3.8, 4) is 22.8 Å². The van der Waals surface area contributed by atoms with Crippen LogP contribution in [0.3, 0.4) is 0 Å². The van der Waals surface area contributed by atoms with Gasteiger partial charge in [-0.1, -0.05) is 30.3 Å². The predicted molar refractivity (Wildman–Crippen MR) is 154 cm³/mol. The molecule has 2 N–H and O–H groups in total. The van der Waals surface area contributed by atoms with Gasteiger partial charge in [0.25, 0.3) is 0 Å². The summed E-state index contributed by atoms with van der Waals surface area (Å²) in [5.74, 6) is -1.04. The molecule has 2 heterocycles. The third-order valence-corrected chi connectivity index (χ3v) is 7.62. The summed E-state index contributed by atoms with van der Waals surface area (Å²) in [7, 11) is 3.21. The van der Waals surface area contributed by atoms with Crippen molar-refractivity contribution in [2.75, 3.05) is 32.8 Å². The van der Waals surface area contributed by atoms with Crippen LogP contribution in [0.1, 0.15) is 39.2 Å². The molecule has 0 saturated heterocycles. The first-order valence-electron chi connectivity index (χ1n) is 13.1. The number of carbonyl (C=O) groups excluding carboxylic acids is 2. The minimum Gasteiger partial charge on any atom is -0.497 e. The lowest BCUT2D eigenvalue weighted by molar-refractivity contribution is -0.152. The second-order valence-electron chi connectivity index (χ2n) is 9.43. The van der Waals surface area contributed by atoms with E-state index < -0.39 is 29.4 Å². The number of ether oxygens (including phenoxy) is 4. The molecule has 0 spiro atoms. The molecule has 0 saturated carbocycles. The number of hydrogen-bond acceptors (Lipinski definition) is 10. The fourth-order valence-electron chi connectivity index (χ4n) is 5.18. The van der Waals surface area contributed by atoms with Crippen LogP contribution >= 0.6 is 11.3 Å². The highest BCUT2D eigenvalue weighted by Gasteiger charge is 2.53. The lowest BCUT2D eigenvalue weighted by Crippen LogP contribution is -2.62. The number of methoxy groups -OCH3 is 2. The Hall–Kier alpha value is -4.05. The van der Waals surface area contributed by atoms with E-state index in [2.05, 4.69) is 10.6 Å². The van der Waals surface area contributed by atoms with E-state index in [-0.39, 0.29) is 13.2 Å². The Kier molecular flexibility index (Phi) is 8.99. The zero-order chi connectivity index (χ0) is 28.9. The summed E-state index contributed by atoms with van der Waals surface area (Å²) in [5.41, 5.74) is 2.20. The third-order valence-electron chi connectivity index (χ3n) is 6.87. The maximum absolute atomic E-state index is 13.7. The summed E-state index contributed by atoms with van der Waals surface area (Å²) in [5, 5.41) is 9.34. The number of anilines is 1. The predicted octanol–water partition coefficient (Wildman–Crippen LogP) is 5.36. The molecule has 0 bridgehead atoms. The van der Waals surface area contributed by atoms with Crippen LogP contribution in [0.2, 0.25) is 0 Å². The molecule has 4 rings (SSSR count). The number of nitrogens with one attached hydrogen (secondary N) is 2. The Morgan fingerprint density at radius 2 is 1.77 bits per heavy atom. The van der Waals surface area contributed by atoms with E-state index in [0.717, 1.165) is 11.1 Å². The molecule has 1 aromatic heterocycles. The number of carbonyl (C=O) groups is 2. The molecule has 212 valence electrons. The molecule has 0 radical (unpaired) electrons. The summed E-state index contributed by atoms with van der Waals surface area (Å²) in [6.45, 7) is 7.63. The summed E-state index contributed by atoms with van der Waals surface area (Å²) >= 11 is 1.39. The van der Waals surface area contributed by atoms with Gasteiger partial charge >= 0.3 is 11.9 Å². The van der Waals surface area contributed by atoms with Crippen molar-refractivity contribution in [1.82, 2.24) is 10.3 Å². The Labute approximate surface area is 238 Å². The summed E-state index contributed by atoms with van der Waals surface area (Å²) in [6.07, 6.45) is 0. The van der Waals surface area contributed by atoms with E-state index in [9.17, 15) is 9.59 Å². The Balaban J connectivity index is 1.80. The first kappa shape index (κ1) is 28.9. The normalized spacial score (nSPS) is 20.4. The van der Waals surface area contributed by atoms with Crippen LogP contribution in [-0.2, 0) is 19.1 Å². The smallest absolute Gasteiger partial charge is 0.336 e. The van der Waals surface area contributed by atoms with Crippen molar-refractivity contribution < 1.29 is 28.5 Å². The minimum atomic E-state index is -1.07. The topological polar surface area (TPSA) is 108 Å². The lowest BCUT2D eigenvalue weighted by atomic mass is 9.71. The van der Waals surface area contributed by atoms with Crippen molar-refractivity contribution in [1.29, 1.82) is 0 Å². The van der Waals surface area contributed by atoms with Gasteiger partial charge in [0.05, 0.1) is 38.7 Å². The average molecular weight is 566 g/mol. The first-order valence-corrected chi connectivity index (χ1v) is 14.0. The summed E-state index contributed by atoms with van der Waals surface area (Å²) < 4.78 is 22.0. The van der Waals surface area contributed by atoms with Crippen molar-refractivity contribution in [2.45, 2.75) is 39.3 Å². The van der Waals surface area contributed by atoms with Gasteiger partial charge in [0.15, 0.2) is 5.13 Å². The van der Waals surface area contributed by atoms with Gasteiger partial charge in [-0.3, -0.25) is 4.79 Å². The van der Waals surface area contributed by atoms with Crippen LogP contribution in [-0.4, -0.2) is 50.0 Å². The zero-order valence-corrected chi connectivity index (χ0v) is 24.4. The van der Waals surface area contributed by atoms with Gasteiger partial charge < -0.3 is 29.6 Å². The maximum Gasteiger partial charge on any atom is 0.336 e. The van der Waals surface area contributed by atoms with Crippen LogP contribution in [0.4, 0.5) is 5.13 Å². The van der Waals surface area contributed by atoms with Crippen LogP contribution in [0.25, 0.3) is 11.3 Å². The molecule has 1 aliphatic heterocycles. The van der Waals surface area contributed by atoms with E-state index >= 15 is 0 Å². The van der Waals surface area contributed by atoms with Crippen molar-refractivity contribution in [2.24, 2.45) is 5.92 Å². The van der Waals surface area contributed by atoms with Gasteiger partial charge in [-0.25, -0.2) is 9.78 Å². The van der Waals surface area contributed by atoms with Crippen LogP contribution in [0.5, 0.6) is 11.5 Å². The van der Waals surface area contributed by atoms with Crippen molar-refractivity contribution >= 4 is 28.4 Å². The molecule has 3 aromatic rings. The van der Waals surface area contributed by atoms with E-state index in [1.54, 1.807) is 28.1 Å². The highest BCUT2D eigenvalue weighted by Crippen LogP contribution is 2.45. The number of nitrogens with zero attached hydrogens (tertiary/aromatic N) is 1. The van der Waals surface area contributed by atoms with E-state index in [1.165, 1.54) is 11.3 Å². The Bertz CT molecular complexity index is 1390. The molecule has 0 aliphatic carbocycles. The van der Waals surface area contributed by atoms with E-state index in [4.69, 9.17) is 23.9 Å². The molecule has 1 aliphatic rings. The lowest BCUT2D eigenvalue weighted by Gasteiger charge is -2.46. The number of rotatable bonds is 10. The molecule has 10 heteroatoms. The monoisotopic (exact) mass is 565 g/mol. The summed E-state index contributed by atoms with van der Waals surface area (Å²) in [4.78, 5) is 31.7. The van der Waals surface area contributed by atoms with Gasteiger partial charge in [-0.05, 0) is 51.5 Å². The van der Waals surface area contributed by atoms with Gasteiger partial charge in [0.1, 0.15) is 23.1 Å². The molecule has 0 fully saturated rings. The van der Waals surface area contributed by atoms with E-state index in [1.807, 2.05) is 67.8 Å². The Morgan fingerprint density at radius 3 is 2.42 bits per heavy atom. The summed E-state index contributed by atoms with van der Waals surface area (Å²) in [6, 6.07) is 15.0. The fraction of sp³-hybridized carbons (Fsp3) is 0.367. The molecule has 3 unspecified atom stereocenters.